The Kier molecular flexibility index (Phi) is 7.17. The second kappa shape index (κ2) is 10.0. The summed E-state index contributed by atoms with van der Waals surface area (Å²) in [6.07, 6.45) is 10.7. The van der Waals surface area contributed by atoms with E-state index in [0.717, 1.165) is 48.5 Å². The molecular formula is C27H38N6O3S2. The van der Waals surface area contributed by atoms with Gasteiger partial charge < -0.3 is 9.64 Å². The maximum absolute atomic E-state index is 12.9. The van der Waals surface area contributed by atoms with Crippen molar-refractivity contribution in [1.29, 1.82) is 0 Å². The monoisotopic (exact) mass is 558 g/mol. The van der Waals surface area contributed by atoms with E-state index in [1.165, 1.54) is 0 Å². The number of nitrogens with one attached hydrogen (secondary N) is 1. The number of rotatable bonds is 5. The van der Waals surface area contributed by atoms with Crippen LogP contribution in [0.5, 0.6) is 0 Å². The first kappa shape index (κ1) is 27.2. The van der Waals surface area contributed by atoms with E-state index in [0.29, 0.717) is 12.3 Å². The Bertz CT molecular complexity index is 1450. The van der Waals surface area contributed by atoms with Crippen molar-refractivity contribution in [2.75, 3.05) is 37.1 Å². The molecule has 2 fully saturated rings. The van der Waals surface area contributed by atoms with Gasteiger partial charge in [-0.3, -0.25) is 4.57 Å². The molecule has 38 heavy (non-hydrogen) atoms. The van der Waals surface area contributed by atoms with Crippen LogP contribution in [0.4, 0.5) is 11.5 Å². The molecule has 2 aliphatic heterocycles. The van der Waals surface area contributed by atoms with Crippen molar-refractivity contribution in [2.45, 2.75) is 57.4 Å². The van der Waals surface area contributed by atoms with E-state index in [1.807, 2.05) is 62.0 Å². The second-order valence-corrected chi connectivity index (χ2v) is 16.3. The van der Waals surface area contributed by atoms with Gasteiger partial charge in [-0.2, -0.15) is 4.36 Å². The molecule has 0 bridgehead atoms. The number of anilines is 1. The summed E-state index contributed by atoms with van der Waals surface area (Å²) in [6.45, 7) is 10.4. The Labute approximate surface area is 228 Å². The number of benzene rings is 1. The summed E-state index contributed by atoms with van der Waals surface area (Å²) in [7, 11) is -3.41. The smallest absolute Gasteiger partial charge is 0.155 e. The van der Waals surface area contributed by atoms with Crippen LogP contribution in [0.15, 0.2) is 47.2 Å². The quantitative estimate of drug-likeness (QED) is 0.504. The average molecular weight is 559 g/mol. The number of nitrogens with zero attached hydrogens (tertiary/aromatic N) is 5. The van der Waals surface area contributed by atoms with Crippen molar-refractivity contribution >= 4 is 43.1 Å². The maximum Gasteiger partial charge on any atom is 0.155 e. The molecule has 4 heterocycles. The number of aromatic nitrogens is 3. The zero-order valence-electron chi connectivity index (χ0n) is 23.0. The number of ether oxygens (including phenoxy) is 1. The lowest BCUT2D eigenvalue weighted by molar-refractivity contribution is 0.0973. The van der Waals surface area contributed by atoms with Crippen LogP contribution in [-0.4, -0.2) is 72.1 Å². The van der Waals surface area contributed by atoms with Crippen LogP contribution in [-0.2, 0) is 25.5 Å². The first-order chi connectivity index (χ1) is 17.9. The molecule has 206 valence electrons. The Morgan fingerprint density at radius 2 is 1.82 bits per heavy atom. The molecule has 2 aliphatic rings. The van der Waals surface area contributed by atoms with Gasteiger partial charge in [0.25, 0.3) is 0 Å². The molecular weight excluding hydrogens is 520 g/mol. The molecule has 0 radical (unpaired) electrons. The lowest BCUT2D eigenvalue weighted by atomic mass is 9.73. The van der Waals surface area contributed by atoms with E-state index in [2.05, 4.69) is 20.9 Å². The molecule has 11 heteroatoms. The number of hydrogen-bond donors (Lipinski definition) is 1. The van der Waals surface area contributed by atoms with Gasteiger partial charge in [0.15, 0.2) is 5.82 Å². The van der Waals surface area contributed by atoms with Gasteiger partial charge in [0.05, 0.1) is 58.1 Å². The highest BCUT2D eigenvalue weighted by Crippen LogP contribution is 2.43. The standard InChI is InChI=1S/C27H38N6O3S2/c1-19-25(30-37(34)26(2,3)4)27(18-36-19)11-14-32(15-12-27)23-16-29-24(17-28-23)33-13-10-20-21(31-38(5,6)35)8-7-9-22(20)33/h7-10,13,16-17,19,25,30H,11-12,14-15,18H2,1-6H3/t19-,25+,37+/m0/s1. The summed E-state index contributed by atoms with van der Waals surface area (Å²) < 4.78 is 40.7. The number of piperidine rings is 1. The molecule has 0 amide bonds. The van der Waals surface area contributed by atoms with Crippen molar-refractivity contribution in [3.63, 3.8) is 0 Å². The zero-order chi connectivity index (χ0) is 27.3. The molecule has 1 aromatic carbocycles. The maximum atomic E-state index is 12.9. The van der Waals surface area contributed by atoms with E-state index < -0.39 is 20.7 Å². The van der Waals surface area contributed by atoms with Gasteiger partial charge in [-0.1, -0.05) is 6.07 Å². The third-order valence-corrected chi connectivity index (χ3v) is 9.75. The van der Waals surface area contributed by atoms with E-state index >= 15 is 0 Å². The highest BCUT2D eigenvalue weighted by atomic mass is 32.2. The molecule has 3 atom stereocenters. The Hall–Kier alpha value is -2.34. The Morgan fingerprint density at radius 3 is 2.45 bits per heavy atom. The van der Waals surface area contributed by atoms with Crippen molar-refractivity contribution in [1.82, 2.24) is 19.3 Å². The molecule has 3 aromatic rings. The predicted octanol–water partition coefficient (Wildman–Crippen LogP) is 4.21. The largest absolute Gasteiger partial charge is 0.376 e. The number of hydrogen-bond acceptors (Lipinski definition) is 7. The third-order valence-electron chi connectivity index (χ3n) is 7.54. The minimum atomic E-state index is -2.26. The van der Waals surface area contributed by atoms with Gasteiger partial charge in [0.1, 0.15) is 5.82 Å². The molecule has 0 aliphatic carbocycles. The summed E-state index contributed by atoms with van der Waals surface area (Å²) in [6, 6.07) is 7.84. The summed E-state index contributed by atoms with van der Waals surface area (Å²) in [5.74, 6) is 1.57. The minimum Gasteiger partial charge on any atom is -0.376 e. The van der Waals surface area contributed by atoms with Crippen LogP contribution in [0.3, 0.4) is 0 Å². The van der Waals surface area contributed by atoms with Gasteiger partial charge in [-0.15, -0.1) is 0 Å². The molecule has 9 nitrogen and oxygen atoms in total. The third kappa shape index (κ3) is 5.38. The van der Waals surface area contributed by atoms with Crippen LogP contribution in [0, 0.1) is 5.41 Å². The van der Waals surface area contributed by atoms with Crippen molar-refractivity contribution in [2.24, 2.45) is 9.78 Å². The van der Waals surface area contributed by atoms with E-state index in [1.54, 1.807) is 18.7 Å². The average Bonchev–Trinajstić information content (AvgIpc) is 3.41. The van der Waals surface area contributed by atoms with Crippen molar-refractivity contribution in [3.05, 3.63) is 42.9 Å². The summed E-state index contributed by atoms with van der Waals surface area (Å²) in [5, 5.41) is 0.930. The highest BCUT2D eigenvalue weighted by Gasteiger charge is 2.50. The fraction of sp³-hybridized carbons (Fsp3) is 0.556. The van der Waals surface area contributed by atoms with Crippen LogP contribution < -0.4 is 9.62 Å². The molecule has 0 unspecified atom stereocenters. The van der Waals surface area contributed by atoms with E-state index in [4.69, 9.17) is 14.7 Å². The van der Waals surface area contributed by atoms with Crippen molar-refractivity contribution in [3.8, 4) is 5.82 Å². The molecule has 2 aromatic heterocycles. The number of fused-ring (bicyclic) bond motifs is 1. The van der Waals surface area contributed by atoms with Crippen LogP contribution in [0.2, 0.25) is 0 Å². The lowest BCUT2D eigenvalue weighted by Crippen LogP contribution is -2.55. The Balaban J connectivity index is 1.31. The topological polar surface area (TPSA) is 102 Å². The molecule has 2 saturated heterocycles. The fourth-order valence-electron chi connectivity index (χ4n) is 5.40. The molecule has 5 rings (SSSR count). The fourth-order valence-corrected chi connectivity index (χ4v) is 7.06. The van der Waals surface area contributed by atoms with Gasteiger partial charge in [-0.25, -0.2) is 23.1 Å². The first-order valence-corrected chi connectivity index (χ1v) is 16.5. The molecule has 1 spiro atoms. The highest BCUT2D eigenvalue weighted by molar-refractivity contribution is 7.92. The molecule has 1 N–H and O–H groups in total. The van der Waals surface area contributed by atoms with Crippen LogP contribution in [0.1, 0.15) is 40.5 Å². The van der Waals surface area contributed by atoms with E-state index in [9.17, 15) is 8.42 Å². The normalized spacial score (nSPS) is 22.7. The van der Waals surface area contributed by atoms with Gasteiger partial charge in [0, 0.05) is 52.3 Å². The summed E-state index contributed by atoms with van der Waals surface area (Å²) >= 11 is 0. The van der Waals surface area contributed by atoms with Gasteiger partial charge >= 0.3 is 0 Å². The summed E-state index contributed by atoms with van der Waals surface area (Å²) in [5.41, 5.74) is 1.63. The molecule has 0 saturated carbocycles. The van der Waals surface area contributed by atoms with Crippen LogP contribution in [0.25, 0.3) is 16.7 Å². The predicted molar refractivity (Wildman–Crippen MR) is 155 cm³/mol. The van der Waals surface area contributed by atoms with E-state index in [-0.39, 0.29) is 22.3 Å². The minimum absolute atomic E-state index is 0.0257. The van der Waals surface area contributed by atoms with Gasteiger partial charge in [0.2, 0.25) is 0 Å². The SMILES string of the molecule is C[C@@H]1OCC2(CCN(c3cnc(-n4ccc5c(N=S(C)(C)=O)cccc54)cn3)CC2)[C@@H]1N[S@](=O)C(C)(C)C. The zero-order valence-corrected chi connectivity index (χ0v) is 24.6. The second-order valence-electron chi connectivity index (χ2n) is 11.7. The van der Waals surface area contributed by atoms with Crippen molar-refractivity contribution < 1.29 is 13.2 Å². The first-order valence-electron chi connectivity index (χ1n) is 13.0. The lowest BCUT2D eigenvalue weighted by Gasteiger charge is -2.43. The Morgan fingerprint density at radius 1 is 1.13 bits per heavy atom. The van der Waals surface area contributed by atoms with Crippen LogP contribution >= 0.6 is 0 Å². The van der Waals surface area contributed by atoms with Gasteiger partial charge in [-0.05, 0) is 58.7 Å². The summed E-state index contributed by atoms with van der Waals surface area (Å²) in [4.78, 5) is 11.8.